The molecule has 0 aromatic carbocycles. The maximum absolute atomic E-state index is 12.1. The molecule has 3 rings (SSSR count). The molecule has 108 valence electrons. The molecular formula is C12H17N5O3. The van der Waals surface area contributed by atoms with Gasteiger partial charge in [-0.25, -0.2) is 9.78 Å². The van der Waals surface area contributed by atoms with E-state index in [1.165, 1.54) is 6.33 Å². The van der Waals surface area contributed by atoms with Gasteiger partial charge in [0.2, 0.25) is 5.91 Å². The van der Waals surface area contributed by atoms with E-state index in [2.05, 4.69) is 10.1 Å². The van der Waals surface area contributed by atoms with Crippen LogP contribution >= 0.6 is 0 Å². The fraction of sp³-hybridized carbons (Fsp3) is 0.667. The minimum Gasteiger partial charge on any atom is -0.447 e. The van der Waals surface area contributed by atoms with Gasteiger partial charge in [-0.1, -0.05) is 0 Å². The van der Waals surface area contributed by atoms with Crippen LogP contribution in [0, 0.1) is 0 Å². The first-order chi connectivity index (χ1) is 9.74. The molecule has 0 saturated carbocycles. The molecule has 2 amide bonds. The van der Waals surface area contributed by atoms with Crippen LogP contribution in [0.1, 0.15) is 12.8 Å². The average Bonchev–Trinajstić information content (AvgIpc) is 3.09. The first-order valence-electron chi connectivity index (χ1n) is 6.77. The Kier molecular flexibility index (Phi) is 3.53. The molecule has 0 aliphatic carbocycles. The van der Waals surface area contributed by atoms with Crippen LogP contribution in [0.2, 0.25) is 0 Å². The molecule has 0 spiro atoms. The molecule has 0 radical (unpaired) electrons. The van der Waals surface area contributed by atoms with Crippen LogP contribution in [0.15, 0.2) is 12.7 Å². The van der Waals surface area contributed by atoms with Gasteiger partial charge in [0.1, 0.15) is 19.3 Å². The highest BCUT2D eigenvalue weighted by molar-refractivity contribution is 5.77. The Balaban J connectivity index is 1.45. The molecule has 8 nitrogen and oxygen atoms in total. The Morgan fingerprint density at radius 1 is 1.45 bits per heavy atom. The Morgan fingerprint density at radius 2 is 2.35 bits per heavy atom. The Morgan fingerprint density at radius 3 is 3.15 bits per heavy atom. The number of carbonyl (C=O) groups excluding carboxylic acids is 2. The third-order valence-electron chi connectivity index (χ3n) is 3.71. The van der Waals surface area contributed by atoms with Gasteiger partial charge in [-0.2, -0.15) is 5.10 Å². The van der Waals surface area contributed by atoms with Crippen LogP contribution in [0.5, 0.6) is 0 Å². The number of ether oxygens (including phenoxy) is 1. The fourth-order valence-electron chi connectivity index (χ4n) is 2.61. The van der Waals surface area contributed by atoms with E-state index in [9.17, 15) is 9.59 Å². The summed E-state index contributed by atoms with van der Waals surface area (Å²) in [5, 5.41) is 4.00. The molecule has 0 N–H and O–H groups in total. The molecule has 1 aromatic heterocycles. The molecule has 3 heterocycles. The van der Waals surface area contributed by atoms with Crippen molar-refractivity contribution in [3.05, 3.63) is 12.7 Å². The quantitative estimate of drug-likeness (QED) is 0.757. The van der Waals surface area contributed by atoms with Crippen molar-refractivity contribution in [1.29, 1.82) is 0 Å². The molecule has 20 heavy (non-hydrogen) atoms. The number of aryl methyl sites for hydroxylation is 1. The van der Waals surface area contributed by atoms with E-state index in [-0.39, 0.29) is 18.0 Å². The summed E-state index contributed by atoms with van der Waals surface area (Å²) in [6.07, 6.45) is 4.10. The van der Waals surface area contributed by atoms with Gasteiger partial charge in [0.25, 0.3) is 0 Å². The maximum atomic E-state index is 12.1. The van der Waals surface area contributed by atoms with Gasteiger partial charge in [-0.05, 0) is 6.42 Å². The van der Waals surface area contributed by atoms with Gasteiger partial charge in [-0.15, -0.1) is 0 Å². The van der Waals surface area contributed by atoms with Gasteiger partial charge in [0.15, 0.2) is 0 Å². The Labute approximate surface area is 116 Å². The second-order valence-electron chi connectivity index (χ2n) is 5.03. The van der Waals surface area contributed by atoms with Crippen LogP contribution in [-0.2, 0) is 16.1 Å². The molecular weight excluding hydrogens is 262 g/mol. The first kappa shape index (κ1) is 12.9. The van der Waals surface area contributed by atoms with Gasteiger partial charge in [0, 0.05) is 32.6 Å². The standard InChI is InChI=1S/C12H17N5O3/c18-11(2-1-3-16-9-13-8-14-16)15-4-5-17-10(6-15)7-20-12(17)19/h8-10H,1-7H2/t10-/m1/s1. The molecule has 0 bridgehead atoms. The summed E-state index contributed by atoms with van der Waals surface area (Å²) in [6, 6.07) is 0.0236. The van der Waals surface area contributed by atoms with Crippen molar-refractivity contribution in [2.75, 3.05) is 26.2 Å². The molecule has 8 heteroatoms. The largest absolute Gasteiger partial charge is 0.447 e. The summed E-state index contributed by atoms with van der Waals surface area (Å²) in [6.45, 7) is 2.82. The van der Waals surface area contributed by atoms with Crippen molar-refractivity contribution in [1.82, 2.24) is 24.6 Å². The second kappa shape index (κ2) is 5.48. The zero-order valence-electron chi connectivity index (χ0n) is 11.1. The highest BCUT2D eigenvalue weighted by atomic mass is 16.6. The number of amides is 2. The van der Waals surface area contributed by atoms with Crippen molar-refractivity contribution >= 4 is 12.0 Å². The highest BCUT2D eigenvalue weighted by Gasteiger charge is 2.38. The Hall–Kier alpha value is -2.12. The predicted molar refractivity (Wildman–Crippen MR) is 67.7 cm³/mol. The smallest absolute Gasteiger partial charge is 0.410 e. The van der Waals surface area contributed by atoms with E-state index in [1.807, 2.05) is 4.90 Å². The van der Waals surface area contributed by atoms with Gasteiger partial charge >= 0.3 is 6.09 Å². The molecule has 1 aromatic rings. The monoisotopic (exact) mass is 279 g/mol. The number of aromatic nitrogens is 3. The van der Waals surface area contributed by atoms with Crippen molar-refractivity contribution in [3.63, 3.8) is 0 Å². The number of carbonyl (C=O) groups is 2. The summed E-state index contributed by atoms with van der Waals surface area (Å²) in [7, 11) is 0. The number of fused-ring (bicyclic) bond motifs is 1. The van der Waals surface area contributed by atoms with Crippen LogP contribution in [0.25, 0.3) is 0 Å². The minimum absolute atomic E-state index is 0.0236. The normalized spacial score (nSPS) is 21.8. The summed E-state index contributed by atoms with van der Waals surface area (Å²) >= 11 is 0. The Bertz CT molecular complexity index is 489. The van der Waals surface area contributed by atoms with Crippen LogP contribution in [0.3, 0.4) is 0 Å². The van der Waals surface area contributed by atoms with E-state index in [0.717, 1.165) is 6.42 Å². The summed E-state index contributed by atoms with van der Waals surface area (Å²) in [5.41, 5.74) is 0. The summed E-state index contributed by atoms with van der Waals surface area (Å²) < 4.78 is 6.71. The van der Waals surface area contributed by atoms with E-state index >= 15 is 0 Å². The van der Waals surface area contributed by atoms with Gasteiger partial charge in [0.05, 0.1) is 6.04 Å². The lowest BCUT2D eigenvalue weighted by atomic mass is 10.1. The van der Waals surface area contributed by atoms with Gasteiger partial charge in [-0.3, -0.25) is 14.4 Å². The van der Waals surface area contributed by atoms with Gasteiger partial charge < -0.3 is 9.64 Å². The van der Waals surface area contributed by atoms with Crippen molar-refractivity contribution in [2.24, 2.45) is 0 Å². The van der Waals surface area contributed by atoms with E-state index in [0.29, 0.717) is 39.2 Å². The van der Waals surface area contributed by atoms with Crippen LogP contribution in [-0.4, -0.2) is 68.8 Å². The highest BCUT2D eigenvalue weighted by Crippen LogP contribution is 2.18. The van der Waals surface area contributed by atoms with E-state index in [1.54, 1.807) is 15.9 Å². The minimum atomic E-state index is -0.256. The number of piperazine rings is 1. The summed E-state index contributed by atoms with van der Waals surface area (Å²) in [5.74, 6) is 0.129. The van der Waals surface area contributed by atoms with E-state index in [4.69, 9.17) is 4.74 Å². The number of rotatable bonds is 4. The second-order valence-corrected chi connectivity index (χ2v) is 5.03. The average molecular weight is 279 g/mol. The third kappa shape index (κ3) is 2.59. The number of cyclic esters (lactones) is 1. The first-order valence-corrected chi connectivity index (χ1v) is 6.77. The zero-order chi connectivity index (χ0) is 13.9. The predicted octanol–water partition coefficient (Wildman–Crippen LogP) is -0.279. The van der Waals surface area contributed by atoms with Crippen molar-refractivity contribution in [2.45, 2.75) is 25.4 Å². The molecule has 1 atom stereocenters. The fourth-order valence-corrected chi connectivity index (χ4v) is 2.61. The van der Waals surface area contributed by atoms with Crippen LogP contribution in [0.4, 0.5) is 4.79 Å². The summed E-state index contributed by atoms with van der Waals surface area (Å²) in [4.78, 5) is 30.9. The number of hydrogen-bond donors (Lipinski definition) is 0. The SMILES string of the molecule is O=C(CCCn1cncn1)N1CCN2C(=O)OC[C@H]2C1. The molecule has 2 aliphatic heterocycles. The van der Waals surface area contributed by atoms with E-state index < -0.39 is 0 Å². The molecule has 2 fully saturated rings. The lowest BCUT2D eigenvalue weighted by molar-refractivity contribution is -0.133. The maximum Gasteiger partial charge on any atom is 0.410 e. The molecule has 2 saturated heterocycles. The third-order valence-corrected chi connectivity index (χ3v) is 3.71. The number of nitrogens with zero attached hydrogens (tertiary/aromatic N) is 5. The van der Waals surface area contributed by atoms with Crippen molar-refractivity contribution in [3.8, 4) is 0 Å². The van der Waals surface area contributed by atoms with Crippen LogP contribution < -0.4 is 0 Å². The zero-order valence-corrected chi connectivity index (χ0v) is 11.1. The lowest BCUT2D eigenvalue weighted by Crippen LogP contribution is -2.53. The van der Waals surface area contributed by atoms with Crippen molar-refractivity contribution < 1.29 is 14.3 Å². The topological polar surface area (TPSA) is 80.6 Å². The molecule has 0 unspecified atom stereocenters. The number of hydrogen-bond acceptors (Lipinski definition) is 5. The lowest BCUT2D eigenvalue weighted by Gasteiger charge is -2.35. The molecule has 2 aliphatic rings.